The largest absolute Gasteiger partial charge is 0.478 e. The zero-order chi connectivity index (χ0) is 16.6. The third-order valence-corrected chi connectivity index (χ3v) is 4.15. The van der Waals surface area contributed by atoms with Crippen molar-refractivity contribution < 1.29 is 9.53 Å². The molecule has 0 fully saturated rings. The lowest BCUT2D eigenvalue weighted by Crippen LogP contribution is -2.48. The number of ether oxygens (including phenoxy) is 1. The molecule has 0 saturated carbocycles. The van der Waals surface area contributed by atoms with E-state index >= 15 is 0 Å². The highest BCUT2D eigenvalue weighted by Crippen LogP contribution is 2.38. The molecule has 0 spiro atoms. The number of anilines is 2. The molecular formula is C18H19ClN2O2. The lowest BCUT2D eigenvalue weighted by molar-refractivity contribution is -0.128. The van der Waals surface area contributed by atoms with E-state index in [0.29, 0.717) is 23.0 Å². The van der Waals surface area contributed by atoms with Crippen molar-refractivity contribution in [2.24, 2.45) is 5.92 Å². The molecule has 120 valence electrons. The van der Waals surface area contributed by atoms with E-state index in [9.17, 15) is 4.79 Å². The Balaban J connectivity index is 1.99. The number of nitrogens with zero attached hydrogens (tertiary/aromatic N) is 1. The number of nitrogen functional groups attached to an aromatic ring is 1. The highest BCUT2D eigenvalue weighted by molar-refractivity contribution is 6.30. The van der Waals surface area contributed by atoms with Crippen LogP contribution in [0.25, 0.3) is 0 Å². The number of hydrogen-bond donors (Lipinski definition) is 1. The van der Waals surface area contributed by atoms with Crippen molar-refractivity contribution in [2.45, 2.75) is 26.5 Å². The maximum absolute atomic E-state index is 12.8. The maximum Gasteiger partial charge on any atom is 0.268 e. The summed E-state index contributed by atoms with van der Waals surface area (Å²) in [4.78, 5) is 14.6. The van der Waals surface area contributed by atoms with Gasteiger partial charge in [-0.25, -0.2) is 0 Å². The summed E-state index contributed by atoms with van der Waals surface area (Å²) in [5.74, 6) is 0.689. The van der Waals surface area contributed by atoms with Crippen LogP contribution in [0.3, 0.4) is 0 Å². The first-order chi connectivity index (χ1) is 11.0. The fourth-order valence-corrected chi connectivity index (χ4v) is 2.79. The molecule has 2 aromatic carbocycles. The van der Waals surface area contributed by atoms with Gasteiger partial charge in [-0.05, 0) is 35.7 Å². The summed E-state index contributed by atoms with van der Waals surface area (Å²) in [5, 5.41) is 0.676. The molecular weight excluding hydrogens is 312 g/mol. The van der Waals surface area contributed by atoms with Crippen molar-refractivity contribution in [3.8, 4) is 5.75 Å². The van der Waals surface area contributed by atoms with Crippen molar-refractivity contribution in [3.63, 3.8) is 0 Å². The van der Waals surface area contributed by atoms with Gasteiger partial charge >= 0.3 is 0 Å². The SMILES string of the molecule is CC(C)C1Oc2cc(N)ccc2N(Cc2ccc(Cl)cc2)C1=O. The van der Waals surface area contributed by atoms with E-state index in [2.05, 4.69) is 0 Å². The van der Waals surface area contributed by atoms with Crippen LogP contribution in [-0.4, -0.2) is 12.0 Å². The summed E-state index contributed by atoms with van der Waals surface area (Å²) in [7, 11) is 0. The third kappa shape index (κ3) is 3.13. The second kappa shape index (κ2) is 6.13. The minimum absolute atomic E-state index is 0.0350. The van der Waals surface area contributed by atoms with Crippen molar-refractivity contribution >= 4 is 28.9 Å². The van der Waals surface area contributed by atoms with Gasteiger partial charge < -0.3 is 15.4 Å². The first-order valence-electron chi connectivity index (χ1n) is 7.57. The Bertz CT molecular complexity index is 728. The van der Waals surface area contributed by atoms with E-state index in [4.69, 9.17) is 22.1 Å². The zero-order valence-corrected chi connectivity index (χ0v) is 13.9. The zero-order valence-electron chi connectivity index (χ0n) is 13.1. The molecule has 5 heteroatoms. The highest BCUT2D eigenvalue weighted by atomic mass is 35.5. The van der Waals surface area contributed by atoms with Crippen LogP contribution < -0.4 is 15.4 Å². The molecule has 1 atom stereocenters. The third-order valence-electron chi connectivity index (χ3n) is 3.90. The average Bonchev–Trinajstić information content (AvgIpc) is 2.51. The summed E-state index contributed by atoms with van der Waals surface area (Å²) in [5.41, 5.74) is 8.23. The number of halogens is 1. The average molecular weight is 331 g/mol. The standard InChI is InChI=1S/C18H19ClN2O2/c1-11(2)17-18(22)21(10-12-3-5-13(19)6-4-12)15-8-7-14(20)9-16(15)23-17/h3-9,11,17H,10,20H2,1-2H3. The normalized spacial score (nSPS) is 17.1. The topological polar surface area (TPSA) is 55.6 Å². The predicted octanol–water partition coefficient (Wildman–Crippen LogP) is 3.87. The fourth-order valence-electron chi connectivity index (χ4n) is 2.66. The molecule has 23 heavy (non-hydrogen) atoms. The minimum Gasteiger partial charge on any atom is -0.478 e. The molecule has 1 heterocycles. The highest BCUT2D eigenvalue weighted by Gasteiger charge is 2.36. The van der Waals surface area contributed by atoms with Gasteiger partial charge in [0.2, 0.25) is 0 Å². The van der Waals surface area contributed by atoms with E-state index < -0.39 is 6.10 Å². The molecule has 3 rings (SSSR count). The Labute approximate surface area is 140 Å². The quantitative estimate of drug-likeness (QED) is 0.869. The van der Waals surface area contributed by atoms with Gasteiger partial charge in [-0.15, -0.1) is 0 Å². The Morgan fingerprint density at radius 2 is 1.91 bits per heavy atom. The number of amides is 1. The molecule has 1 aliphatic rings. The van der Waals surface area contributed by atoms with Crippen molar-refractivity contribution in [1.29, 1.82) is 0 Å². The second-order valence-corrected chi connectivity index (χ2v) is 6.50. The second-order valence-electron chi connectivity index (χ2n) is 6.06. The predicted molar refractivity (Wildman–Crippen MR) is 92.8 cm³/mol. The van der Waals surface area contributed by atoms with Gasteiger partial charge in [0, 0.05) is 16.8 Å². The molecule has 0 bridgehead atoms. The number of nitrogens with two attached hydrogens (primary N) is 1. The van der Waals surface area contributed by atoms with Crippen LogP contribution in [-0.2, 0) is 11.3 Å². The van der Waals surface area contributed by atoms with Gasteiger partial charge in [-0.2, -0.15) is 0 Å². The number of benzene rings is 2. The molecule has 4 nitrogen and oxygen atoms in total. The Hall–Kier alpha value is -2.20. The molecule has 0 aromatic heterocycles. The number of fused-ring (bicyclic) bond motifs is 1. The molecule has 1 unspecified atom stereocenters. The summed E-state index contributed by atoms with van der Waals surface area (Å²) in [6.45, 7) is 4.42. The van der Waals surface area contributed by atoms with Crippen molar-refractivity contribution in [3.05, 3.63) is 53.1 Å². The van der Waals surface area contributed by atoms with Crippen molar-refractivity contribution in [2.75, 3.05) is 10.6 Å². The van der Waals surface area contributed by atoms with Crippen LogP contribution in [0, 0.1) is 5.92 Å². The molecule has 1 aliphatic heterocycles. The van der Waals surface area contributed by atoms with Crippen LogP contribution in [0.15, 0.2) is 42.5 Å². The molecule has 0 aliphatic carbocycles. The first-order valence-corrected chi connectivity index (χ1v) is 7.95. The monoisotopic (exact) mass is 330 g/mol. The van der Waals surface area contributed by atoms with E-state index in [0.717, 1.165) is 11.3 Å². The molecule has 1 amide bonds. The van der Waals surface area contributed by atoms with E-state index in [1.54, 1.807) is 17.0 Å². The summed E-state index contributed by atoms with van der Waals surface area (Å²) < 4.78 is 5.88. The van der Waals surface area contributed by atoms with Crippen LogP contribution in [0.2, 0.25) is 5.02 Å². The Morgan fingerprint density at radius 3 is 2.57 bits per heavy atom. The van der Waals surface area contributed by atoms with E-state index in [1.807, 2.05) is 44.2 Å². The van der Waals surface area contributed by atoms with Crippen LogP contribution in [0.5, 0.6) is 5.75 Å². The van der Waals surface area contributed by atoms with Crippen LogP contribution >= 0.6 is 11.6 Å². The van der Waals surface area contributed by atoms with Gasteiger partial charge in [-0.3, -0.25) is 4.79 Å². The lowest BCUT2D eigenvalue weighted by atomic mass is 10.0. The van der Waals surface area contributed by atoms with Gasteiger partial charge in [0.1, 0.15) is 5.75 Å². The molecule has 2 N–H and O–H groups in total. The summed E-state index contributed by atoms with van der Waals surface area (Å²) in [6, 6.07) is 12.9. The van der Waals surface area contributed by atoms with Crippen LogP contribution in [0.1, 0.15) is 19.4 Å². The fraction of sp³-hybridized carbons (Fsp3) is 0.278. The number of carbonyl (C=O) groups is 1. The van der Waals surface area contributed by atoms with Crippen molar-refractivity contribution in [1.82, 2.24) is 0 Å². The number of hydrogen-bond acceptors (Lipinski definition) is 3. The first kappa shape index (κ1) is 15.7. The Kier molecular flexibility index (Phi) is 4.18. The number of rotatable bonds is 3. The van der Waals surface area contributed by atoms with E-state index in [-0.39, 0.29) is 11.8 Å². The molecule has 2 aromatic rings. The minimum atomic E-state index is -0.503. The lowest BCUT2D eigenvalue weighted by Gasteiger charge is -2.36. The van der Waals surface area contributed by atoms with Crippen LogP contribution in [0.4, 0.5) is 11.4 Å². The number of carbonyl (C=O) groups excluding carboxylic acids is 1. The molecule has 0 saturated heterocycles. The van der Waals surface area contributed by atoms with E-state index in [1.165, 1.54) is 0 Å². The maximum atomic E-state index is 12.8. The summed E-state index contributed by atoms with van der Waals surface area (Å²) >= 11 is 5.93. The summed E-state index contributed by atoms with van der Waals surface area (Å²) in [6.07, 6.45) is -0.503. The van der Waals surface area contributed by atoms with Gasteiger partial charge in [0.15, 0.2) is 6.10 Å². The van der Waals surface area contributed by atoms with Gasteiger partial charge in [0.25, 0.3) is 5.91 Å². The van der Waals surface area contributed by atoms with Gasteiger partial charge in [0.05, 0.1) is 12.2 Å². The molecule has 0 radical (unpaired) electrons. The Morgan fingerprint density at radius 1 is 1.22 bits per heavy atom. The smallest absolute Gasteiger partial charge is 0.268 e. The van der Waals surface area contributed by atoms with Gasteiger partial charge in [-0.1, -0.05) is 37.6 Å².